The third kappa shape index (κ3) is 4.76. The first-order chi connectivity index (χ1) is 10.9. The van der Waals surface area contributed by atoms with Crippen LogP contribution in [0.4, 0.5) is 26.3 Å². The molecule has 1 aromatic rings. The highest BCUT2D eigenvalue weighted by atomic mass is 19.4. The van der Waals surface area contributed by atoms with E-state index < -0.39 is 53.2 Å². The van der Waals surface area contributed by atoms with Crippen molar-refractivity contribution < 1.29 is 40.6 Å². The maximum absolute atomic E-state index is 13.2. The lowest BCUT2D eigenvalue weighted by molar-refractivity contribution is -0.146. The van der Waals surface area contributed by atoms with E-state index in [0.29, 0.717) is 6.07 Å². The Balaban J connectivity index is 3.44. The van der Waals surface area contributed by atoms with Crippen LogP contribution in [0, 0.1) is 0 Å². The third-order valence-corrected chi connectivity index (χ3v) is 3.08. The Hall–Kier alpha value is -1.97. The molecule has 0 fully saturated rings. The molecule has 2 N–H and O–H groups in total. The number of alkyl halides is 6. The maximum atomic E-state index is 13.2. The average molecular weight is 359 g/mol. The van der Waals surface area contributed by atoms with Crippen LogP contribution in [0.25, 0.3) is 0 Å². The molecule has 0 amide bonds. The number of halogens is 6. The van der Waals surface area contributed by atoms with Gasteiger partial charge in [-0.2, -0.15) is 26.3 Å². The molecule has 0 heterocycles. The highest BCUT2D eigenvalue weighted by molar-refractivity contribution is 5.76. The van der Waals surface area contributed by atoms with Crippen LogP contribution in [0.3, 0.4) is 0 Å². The zero-order chi connectivity index (χ0) is 18.7. The van der Waals surface area contributed by atoms with Crippen molar-refractivity contribution in [3.8, 4) is 5.75 Å². The van der Waals surface area contributed by atoms with Crippen LogP contribution >= 0.6 is 0 Å². The van der Waals surface area contributed by atoms with E-state index in [4.69, 9.17) is 5.73 Å². The molecule has 136 valence electrons. The van der Waals surface area contributed by atoms with Gasteiger partial charge in [-0.15, -0.1) is 0 Å². The second-order valence-electron chi connectivity index (χ2n) is 4.76. The number of hydrogen-bond donors (Lipinski definition) is 1. The second-order valence-corrected chi connectivity index (χ2v) is 4.76. The first kappa shape index (κ1) is 20.1. The number of carbonyl (C=O) groups excluding carboxylic acids is 1. The molecule has 0 spiro atoms. The second kappa shape index (κ2) is 7.29. The van der Waals surface area contributed by atoms with E-state index in [1.54, 1.807) is 0 Å². The number of benzene rings is 1. The van der Waals surface area contributed by atoms with Crippen LogP contribution in [0.2, 0.25) is 0 Å². The van der Waals surface area contributed by atoms with Gasteiger partial charge in [0.05, 0.1) is 24.8 Å². The summed E-state index contributed by atoms with van der Waals surface area (Å²) in [7, 11) is 0.926. The van der Waals surface area contributed by atoms with Gasteiger partial charge in [0.1, 0.15) is 11.8 Å². The fourth-order valence-corrected chi connectivity index (χ4v) is 2.01. The average Bonchev–Trinajstić information content (AvgIpc) is 2.45. The highest BCUT2D eigenvalue weighted by Gasteiger charge is 2.40. The predicted octanol–water partition coefficient (Wildman–Crippen LogP) is 3.17. The van der Waals surface area contributed by atoms with Crippen molar-refractivity contribution in [2.75, 3.05) is 13.7 Å². The maximum Gasteiger partial charge on any atom is 0.416 e. The van der Waals surface area contributed by atoms with Crippen LogP contribution in [0.5, 0.6) is 5.75 Å². The molecule has 24 heavy (non-hydrogen) atoms. The van der Waals surface area contributed by atoms with Crippen LogP contribution in [-0.4, -0.2) is 25.7 Å². The van der Waals surface area contributed by atoms with Gasteiger partial charge >= 0.3 is 18.3 Å². The molecule has 0 aliphatic heterocycles. The summed E-state index contributed by atoms with van der Waals surface area (Å²) in [4.78, 5) is 11.5. The summed E-state index contributed by atoms with van der Waals surface area (Å²) in [6.07, 6.45) is -10.8. The first-order valence-electron chi connectivity index (χ1n) is 6.69. The Labute approximate surface area is 133 Å². The molecule has 0 saturated heterocycles. The topological polar surface area (TPSA) is 61.5 Å². The number of rotatable bonds is 5. The molecule has 1 unspecified atom stereocenters. The summed E-state index contributed by atoms with van der Waals surface area (Å²) in [6.45, 7) is 1.44. The Morgan fingerprint density at radius 3 is 2.17 bits per heavy atom. The summed E-state index contributed by atoms with van der Waals surface area (Å²) >= 11 is 0. The molecule has 0 radical (unpaired) electrons. The van der Waals surface area contributed by atoms with Gasteiger partial charge in [-0.25, -0.2) is 0 Å². The molecule has 0 aliphatic rings. The number of esters is 1. The fraction of sp³-hybridized carbons (Fsp3) is 0.500. The third-order valence-electron chi connectivity index (χ3n) is 3.08. The normalized spacial score (nSPS) is 13.5. The largest absolute Gasteiger partial charge is 0.496 e. The molecule has 1 rings (SSSR count). The van der Waals surface area contributed by atoms with Crippen LogP contribution in [-0.2, 0) is 28.3 Å². The van der Waals surface area contributed by atoms with Gasteiger partial charge in [-0.3, -0.25) is 4.79 Å². The van der Waals surface area contributed by atoms with Crippen molar-refractivity contribution in [1.82, 2.24) is 0 Å². The molecule has 1 atom stereocenters. The van der Waals surface area contributed by atoms with Gasteiger partial charge in [0.25, 0.3) is 0 Å². The van der Waals surface area contributed by atoms with Crippen molar-refractivity contribution in [3.05, 3.63) is 28.8 Å². The lowest BCUT2D eigenvalue weighted by Gasteiger charge is -2.20. The molecule has 0 aliphatic carbocycles. The lowest BCUT2D eigenvalue weighted by atomic mass is 9.96. The Morgan fingerprint density at radius 1 is 1.17 bits per heavy atom. The quantitative estimate of drug-likeness (QED) is 0.648. The zero-order valence-electron chi connectivity index (χ0n) is 12.7. The van der Waals surface area contributed by atoms with E-state index in [1.807, 2.05) is 0 Å². The number of methoxy groups -OCH3 is 1. The summed E-state index contributed by atoms with van der Waals surface area (Å²) < 4.78 is 87.0. The molecule has 1 aromatic carbocycles. The minimum absolute atomic E-state index is 0.0320. The Bertz CT molecular complexity index is 597. The minimum atomic E-state index is -5.09. The monoisotopic (exact) mass is 359 g/mol. The van der Waals surface area contributed by atoms with E-state index in [2.05, 4.69) is 9.47 Å². The summed E-state index contributed by atoms with van der Waals surface area (Å²) in [5, 5.41) is 0. The molecule has 10 heteroatoms. The van der Waals surface area contributed by atoms with E-state index >= 15 is 0 Å². The number of carbonyl (C=O) groups is 1. The highest BCUT2D eigenvalue weighted by Crippen LogP contribution is 2.41. The molecule has 0 aromatic heterocycles. The SMILES string of the molecule is CCOC(=O)C(N)Cc1c(OC)cc(C(F)(F)F)cc1C(F)(F)F. The summed E-state index contributed by atoms with van der Waals surface area (Å²) in [5.74, 6) is -1.62. The first-order valence-corrected chi connectivity index (χ1v) is 6.69. The molecule has 0 saturated carbocycles. The smallest absolute Gasteiger partial charge is 0.416 e. The summed E-state index contributed by atoms with van der Waals surface area (Å²) in [5.41, 5.74) is 1.76. The van der Waals surface area contributed by atoms with Crippen LogP contribution in [0.1, 0.15) is 23.6 Å². The zero-order valence-corrected chi connectivity index (χ0v) is 12.7. The van der Waals surface area contributed by atoms with Gasteiger partial charge in [-0.1, -0.05) is 0 Å². The van der Waals surface area contributed by atoms with Crippen LogP contribution in [0.15, 0.2) is 12.1 Å². The van der Waals surface area contributed by atoms with Gasteiger partial charge in [0, 0.05) is 12.0 Å². The van der Waals surface area contributed by atoms with E-state index in [0.717, 1.165) is 7.11 Å². The molecular formula is C14H15F6NO3. The van der Waals surface area contributed by atoms with Crippen molar-refractivity contribution in [1.29, 1.82) is 0 Å². The Morgan fingerprint density at radius 2 is 1.75 bits per heavy atom. The number of ether oxygens (including phenoxy) is 2. The van der Waals surface area contributed by atoms with E-state index in [1.165, 1.54) is 6.92 Å². The molecule has 4 nitrogen and oxygen atoms in total. The Kier molecular flexibility index (Phi) is 6.09. The van der Waals surface area contributed by atoms with E-state index in [9.17, 15) is 31.1 Å². The molecule has 0 bridgehead atoms. The number of nitrogens with two attached hydrogens (primary N) is 1. The van der Waals surface area contributed by atoms with Crippen molar-refractivity contribution in [2.45, 2.75) is 31.7 Å². The lowest BCUT2D eigenvalue weighted by Crippen LogP contribution is -2.35. The summed E-state index contributed by atoms with van der Waals surface area (Å²) in [6, 6.07) is -1.07. The van der Waals surface area contributed by atoms with Crippen molar-refractivity contribution in [2.24, 2.45) is 5.73 Å². The standard InChI is InChI=1S/C14H15F6NO3/c1-3-24-12(22)10(21)6-8-9(14(18,19)20)4-7(13(15,16)17)5-11(8)23-2/h4-5,10H,3,6,21H2,1-2H3. The van der Waals surface area contributed by atoms with Gasteiger partial charge in [0.15, 0.2) is 0 Å². The van der Waals surface area contributed by atoms with Gasteiger partial charge < -0.3 is 15.2 Å². The van der Waals surface area contributed by atoms with Crippen molar-refractivity contribution >= 4 is 5.97 Å². The minimum Gasteiger partial charge on any atom is -0.496 e. The predicted molar refractivity (Wildman–Crippen MR) is 71.3 cm³/mol. The van der Waals surface area contributed by atoms with Gasteiger partial charge in [0.2, 0.25) is 0 Å². The molecular weight excluding hydrogens is 344 g/mol. The number of hydrogen-bond acceptors (Lipinski definition) is 4. The van der Waals surface area contributed by atoms with Crippen LogP contribution < -0.4 is 10.5 Å². The van der Waals surface area contributed by atoms with E-state index in [-0.39, 0.29) is 12.7 Å². The van der Waals surface area contributed by atoms with Crippen molar-refractivity contribution in [3.63, 3.8) is 0 Å². The fourth-order valence-electron chi connectivity index (χ4n) is 2.01. The van der Waals surface area contributed by atoms with Gasteiger partial charge in [-0.05, 0) is 19.1 Å².